The van der Waals surface area contributed by atoms with Crippen LogP contribution in [0, 0.1) is 0 Å². The highest BCUT2D eigenvalue weighted by atomic mass is 16.5. The fourth-order valence-electron chi connectivity index (χ4n) is 2.78. The number of hydrogen-bond donors (Lipinski definition) is 2. The van der Waals surface area contributed by atoms with Crippen molar-refractivity contribution in [2.24, 2.45) is 0 Å². The molecule has 0 aliphatic heterocycles. The van der Waals surface area contributed by atoms with Crippen LogP contribution in [-0.4, -0.2) is 32.7 Å². The molecule has 1 amide bonds. The molecule has 1 unspecified atom stereocenters. The number of aromatic amines is 1. The van der Waals surface area contributed by atoms with E-state index in [2.05, 4.69) is 15.4 Å². The van der Waals surface area contributed by atoms with E-state index in [1.54, 1.807) is 30.1 Å². The van der Waals surface area contributed by atoms with Crippen molar-refractivity contribution in [2.45, 2.75) is 39.3 Å². The molecule has 7 heteroatoms. The average Bonchev–Trinajstić information content (AvgIpc) is 3.22. The number of nitrogens with one attached hydrogen (secondary N) is 2. The average molecular weight is 354 g/mol. The second-order valence-electron chi connectivity index (χ2n) is 6.41. The number of rotatable bonds is 6. The van der Waals surface area contributed by atoms with Crippen LogP contribution in [0.1, 0.15) is 32.4 Å². The molecule has 1 atom stereocenters. The van der Waals surface area contributed by atoms with Gasteiger partial charge >= 0.3 is 5.97 Å². The minimum Gasteiger partial charge on any atom is -0.452 e. The molecule has 0 aliphatic carbocycles. The lowest BCUT2D eigenvalue weighted by Gasteiger charge is -2.15. The summed E-state index contributed by atoms with van der Waals surface area (Å²) in [4.78, 5) is 27.6. The first-order chi connectivity index (χ1) is 12.5. The lowest BCUT2D eigenvalue weighted by atomic mass is 10.1. The molecule has 0 aliphatic rings. The third-order valence-electron chi connectivity index (χ3n) is 4.10. The zero-order valence-corrected chi connectivity index (χ0v) is 15.0. The molecule has 3 rings (SSSR count). The summed E-state index contributed by atoms with van der Waals surface area (Å²) in [6.07, 6.45) is 2.61. The molecule has 3 aromatic rings. The summed E-state index contributed by atoms with van der Waals surface area (Å²) in [5.41, 5.74) is 1.80. The summed E-state index contributed by atoms with van der Waals surface area (Å²) in [7, 11) is 0. The summed E-state index contributed by atoms with van der Waals surface area (Å²) < 4.78 is 6.98. The zero-order chi connectivity index (χ0) is 18.7. The van der Waals surface area contributed by atoms with E-state index in [9.17, 15) is 9.59 Å². The number of aromatic nitrogens is 3. The third kappa shape index (κ3) is 3.77. The van der Waals surface area contributed by atoms with Crippen molar-refractivity contribution in [1.82, 2.24) is 14.8 Å². The lowest BCUT2D eigenvalue weighted by Crippen LogP contribution is -2.31. The van der Waals surface area contributed by atoms with E-state index in [4.69, 9.17) is 4.74 Å². The van der Waals surface area contributed by atoms with Crippen molar-refractivity contribution in [1.29, 1.82) is 0 Å². The Bertz CT molecular complexity index is 926. The maximum atomic E-state index is 12.3. The minimum absolute atomic E-state index is 0.103. The number of anilines is 1. The van der Waals surface area contributed by atoms with Gasteiger partial charge in [0, 0.05) is 29.2 Å². The van der Waals surface area contributed by atoms with Crippen LogP contribution in [0.4, 0.5) is 5.82 Å². The maximum absolute atomic E-state index is 12.3. The summed E-state index contributed by atoms with van der Waals surface area (Å²) in [5.74, 6) is -0.265. The number of benzene rings is 1. The smallest absolute Gasteiger partial charge is 0.311 e. The Labute approximate surface area is 151 Å². The van der Waals surface area contributed by atoms with Crippen LogP contribution in [0.15, 0.2) is 42.7 Å². The molecule has 0 bridgehead atoms. The monoisotopic (exact) mass is 354 g/mol. The summed E-state index contributed by atoms with van der Waals surface area (Å²) in [5, 5.41) is 7.88. The van der Waals surface area contributed by atoms with Crippen LogP contribution in [0.2, 0.25) is 0 Å². The zero-order valence-electron chi connectivity index (χ0n) is 15.0. The van der Waals surface area contributed by atoms with Crippen LogP contribution >= 0.6 is 0 Å². The first-order valence-electron chi connectivity index (χ1n) is 8.54. The van der Waals surface area contributed by atoms with Crippen LogP contribution in [0.5, 0.6) is 0 Å². The number of carbonyl (C=O) groups is 2. The second-order valence-corrected chi connectivity index (χ2v) is 6.41. The van der Waals surface area contributed by atoms with Crippen LogP contribution < -0.4 is 5.32 Å². The van der Waals surface area contributed by atoms with Gasteiger partial charge in [-0.2, -0.15) is 5.10 Å². The van der Waals surface area contributed by atoms with Gasteiger partial charge in [-0.25, -0.2) is 4.68 Å². The highest BCUT2D eigenvalue weighted by Gasteiger charge is 2.20. The molecule has 0 fully saturated rings. The fourth-order valence-corrected chi connectivity index (χ4v) is 2.78. The van der Waals surface area contributed by atoms with Crippen molar-refractivity contribution in [3.8, 4) is 0 Å². The van der Waals surface area contributed by atoms with Gasteiger partial charge in [0.25, 0.3) is 5.91 Å². The van der Waals surface area contributed by atoms with E-state index in [-0.39, 0.29) is 18.4 Å². The van der Waals surface area contributed by atoms with Gasteiger partial charge in [-0.3, -0.25) is 9.59 Å². The van der Waals surface area contributed by atoms with Gasteiger partial charge in [-0.15, -0.1) is 0 Å². The van der Waals surface area contributed by atoms with E-state index >= 15 is 0 Å². The molecule has 1 aromatic carbocycles. The Hall–Kier alpha value is -3.09. The Morgan fingerprint density at radius 1 is 1.23 bits per heavy atom. The molecular weight excluding hydrogens is 332 g/mol. The van der Waals surface area contributed by atoms with Gasteiger partial charge in [0.2, 0.25) is 0 Å². The topological polar surface area (TPSA) is 89.0 Å². The quantitative estimate of drug-likeness (QED) is 0.666. The molecule has 26 heavy (non-hydrogen) atoms. The lowest BCUT2D eigenvalue weighted by molar-refractivity contribution is -0.152. The summed E-state index contributed by atoms with van der Waals surface area (Å²) >= 11 is 0. The van der Waals surface area contributed by atoms with Crippen molar-refractivity contribution in [3.63, 3.8) is 0 Å². The molecule has 0 radical (unpaired) electrons. The molecule has 0 saturated carbocycles. The van der Waals surface area contributed by atoms with Gasteiger partial charge < -0.3 is 15.0 Å². The number of H-pyrrole nitrogens is 1. The van der Waals surface area contributed by atoms with Gasteiger partial charge in [-0.05, 0) is 32.4 Å². The number of amides is 1. The van der Waals surface area contributed by atoms with Gasteiger partial charge in [0.15, 0.2) is 6.10 Å². The Morgan fingerprint density at radius 3 is 2.77 bits per heavy atom. The van der Waals surface area contributed by atoms with Crippen LogP contribution in [-0.2, 0) is 20.7 Å². The Morgan fingerprint density at radius 2 is 2.00 bits per heavy atom. The maximum Gasteiger partial charge on any atom is 0.311 e. The summed E-state index contributed by atoms with van der Waals surface area (Å²) in [6.45, 7) is 5.49. The van der Waals surface area contributed by atoms with Crippen molar-refractivity contribution < 1.29 is 14.3 Å². The molecule has 2 heterocycles. The number of carbonyl (C=O) groups excluding carboxylic acids is 2. The van der Waals surface area contributed by atoms with Crippen molar-refractivity contribution in [3.05, 3.63) is 48.3 Å². The van der Waals surface area contributed by atoms with Crippen molar-refractivity contribution in [2.75, 3.05) is 5.32 Å². The second kappa shape index (κ2) is 7.43. The van der Waals surface area contributed by atoms with E-state index < -0.39 is 12.1 Å². The number of ether oxygens (including phenoxy) is 1. The highest BCUT2D eigenvalue weighted by molar-refractivity contribution is 5.95. The fraction of sp³-hybridized carbons (Fsp3) is 0.316. The van der Waals surface area contributed by atoms with Crippen molar-refractivity contribution >= 4 is 28.6 Å². The first-order valence-corrected chi connectivity index (χ1v) is 8.54. The Balaban J connectivity index is 1.60. The third-order valence-corrected chi connectivity index (χ3v) is 4.10. The molecule has 2 aromatic heterocycles. The molecule has 0 saturated heterocycles. The predicted molar refractivity (Wildman–Crippen MR) is 98.8 cm³/mol. The molecule has 2 N–H and O–H groups in total. The summed E-state index contributed by atoms with van der Waals surface area (Å²) in [6, 6.07) is 9.54. The highest BCUT2D eigenvalue weighted by Crippen LogP contribution is 2.19. The molecule has 0 spiro atoms. The van der Waals surface area contributed by atoms with E-state index in [0.29, 0.717) is 5.82 Å². The van der Waals surface area contributed by atoms with Gasteiger partial charge in [0.05, 0.1) is 12.6 Å². The van der Waals surface area contributed by atoms with Crippen LogP contribution in [0.25, 0.3) is 10.9 Å². The predicted octanol–water partition coefficient (Wildman–Crippen LogP) is 3.06. The van der Waals surface area contributed by atoms with Gasteiger partial charge in [-0.1, -0.05) is 18.2 Å². The first kappa shape index (κ1) is 17.7. The number of esters is 1. The largest absolute Gasteiger partial charge is 0.452 e. The standard InChI is InChI=1S/C19H22N4O3/c1-12(2)23-17(8-9-21-23)22-19(25)13(3)26-18(24)10-14-11-20-16-7-5-4-6-15(14)16/h4-9,11-13,20H,10H2,1-3H3,(H,22,25). The molecule has 7 nitrogen and oxygen atoms in total. The van der Waals surface area contributed by atoms with E-state index in [0.717, 1.165) is 16.5 Å². The number of fused-ring (bicyclic) bond motifs is 1. The molecule has 136 valence electrons. The minimum atomic E-state index is -0.900. The van der Waals surface area contributed by atoms with Crippen LogP contribution in [0.3, 0.4) is 0 Å². The van der Waals surface area contributed by atoms with E-state index in [1.165, 1.54) is 0 Å². The van der Waals surface area contributed by atoms with E-state index in [1.807, 2.05) is 38.1 Å². The number of hydrogen-bond acceptors (Lipinski definition) is 4. The Kier molecular flexibility index (Phi) is 5.06. The van der Waals surface area contributed by atoms with Gasteiger partial charge in [0.1, 0.15) is 5.82 Å². The normalized spacial score (nSPS) is 12.3. The molecular formula is C19H22N4O3. The number of nitrogens with zero attached hydrogens (tertiary/aromatic N) is 2. The SMILES string of the molecule is CC(OC(=O)Cc1c[nH]c2ccccc12)C(=O)Nc1ccnn1C(C)C. The number of para-hydroxylation sites is 1.